The van der Waals surface area contributed by atoms with Gasteiger partial charge in [0.1, 0.15) is 5.76 Å². The van der Waals surface area contributed by atoms with Crippen molar-refractivity contribution in [2.24, 2.45) is 7.05 Å². The lowest BCUT2D eigenvalue weighted by Gasteiger charge is -2.17. The molecule has 0 spiro atoms. The molecule has 0 amide bonds. The van der Waals surface area contributed by atoms with Gasteiger partial charge in [-0.3, -0.25) is 0 Å². The SMILES string of the molecule is Cc1occc1CN(C)S(=O)(=O)c1c(N)ncn1C. The Bertz CT molecular complexity index is 667. The molecule has 0 aliphatic carbocycles. The van der Waals surface area contributed by atoms with Crippen LogP contribution in [0.15, 0.2) is 28.1 Å². The first-order chi connectivity index (χ1) is 8.84. The maximum Gasteiger partial charge on any atom is 0.262 e. The monoisotopic (exact) mass is 284 g/mol. The summed E-state index contributed by atoms with van der Waals surface area (Å²) >= 11 is 0. The van der Waals surface area contributed by atoms with E-state index in [-0.39, 0.29) is 17.4 Å². The van der Waals surface area contributed by atoms with Crippen LogP contribution in [0.4, 0.5) is 5.82 Å². The zero-order chi connectivity index (χ0) is 14.2. The molecular weight excluding hydrogens is 268 g/mol. The number of sulfonamides is 1. The average molecular weight is 284 g/mol. The van der Waals surface area contributed by atoms with Crippen molar-refractivity contribution in [1.82, 2.24) is 13.9 Å². The Morgan fingerprint density at radius 1 is 1.53 bits per heavy atom. The Labute approximate surface area is 111 Å². The van der Waals surface area contributed by atoms with Gasteiger partial charge in [-0.2, -0.15) is 4.31 Å². The maximum absolute atomic E-state index is 12.4. The molecule has 0 aliphatic heterocycles. The number of anilines is 1. The number of hydrogen-bond acceptors (Lipinski definition) is 5. The van der Waals surface area contributed by atoms with Gasteiger partial charge < -0.3 is 14.7 Å². The number of aromatic nitrogens is 2. The molecular formula is C11H16N4O3S. The van der Waals surface area contributed by atoms with Crippen LogP contribution in [0.1, 0.15) is 11.3 Å². The number of imidazole rings is 1. The van der Waals surface area contributed by atoms with Gasteiger partial charge in [-0.15, -0.1) is 0 Å². The van der Waals surface area contributed by atoms with Gasteiger partial charge in [-0.25, -0.2) is 13.4 Å². The van der Waals surface area contributed by atoms with Crippen LogP contribution >= 0.6 is 0 Å². The van der Waals surface area contributed by atoms with Gasteiger partial charge in [0.25, 0.3) is 10.0 Å². The maximum atomic E-state index is 12.4. The first kappa shape index (κ1) is 13.6. The van der Waals surface area contributed by atoms with Gasteiger partial charge in [0.2, 0.25) is 0 Å². The highest BCUT2D eigenvalue weighted by molar-refractivity contribution is 7.89. The number of furan rings is 1. The zero-order valence-corrected chi connectivity index (χ0v) is 11.8. The van der Waals surface area contributed by atoms with E-state index >= 15 is 0 Å². The van der Waals surface area contributed by atoms with Gasteiger partial charge >= 0.3 is 0 Å². The number of rotatable bonds is 4. The minimum absolute atomic E-state index is 0.00161. The van der Waals surface area contributed by atoms with Crippen molar-refractivity contribution >= 4 is 15.8 Å². The lowest BCUT2D eigenvalue weighted by atomic mass is 10.3. The van der Waals surface area contributed by atoms with Gasteiger partial charge in [0.05, 0.1) is 12.6 Å². The van der Waals surface area contributed by atoms with Crippen LogP contribution in [0, 0.1) is 6.92 Å². The summed E-state index contributed by atoms with van der Waals surface area (Å²) < 4.78 is 32.6. The molecule has 2 rings (SSSR count). The number of nitrogen functional groups attached to an aromatic ring is 1. The van der Waals surface area contributed by atoms with Crippen molar-refractivity contribution in [1.29, 1.82) is 0 Å². The third kappa shape index (κ3) is 2.36. The van der Waals surface area contributed by atoms with Crippen LogP contribution in [-0.2, 0) is 23.6 Å². The fourth-order valence-electron chi connectivity index (χ4n) is 1.80. The van der Waals surface area contributed by atoms with Crippen LogP contribution in [0.3, 0.4) is 0 Å². The van der Waals surface area contributed by atoms with Crippen LogP contribution < -0.4 is 5.73 Å². The van der Waals surface area contributed by atoms with Gasteiger partial charge in [0, 0.05) is 26.2 Å². The summed E-state index contributed by atoms with van der Waals surface area (Å²) in [5.41, 5.74) is 6.42. The molecule has 104 valence electrons. The van der Waals surface area contributed by atoms with Crippen LogP contribution in [0.5, 0.6) is 0 Å². The van der Waals surface area contributed by atoms with E-state index < -0.39 is 10.0 Å². The van der Waals surface area contributed by atoms with E-state index in [0.29, 0.717) is 5.76 Å². The average Bonchev–Trinajstić information content (AvgIpc) is 2.86. The van der Waals surface area contributed by atoms with Gasteiger partial charge in [-0.05, 0) is 13.0 Å². The highest BCUT2D eigenvalue weighted by Crippen LogP contribution is 2.22. The molecule has 19 heavy (non-hydrogen) atoms. The van der Waals surface area contributed by atoms with Crippen molar-refractivity contribution < 1.29 is 12.8 Å². The molecule has 2 N–H and O–H groups in total. The Hall–Kier alpha value is -1.80. The summed E-state index contributed by atoms with van der Waals surface area (Å²) in [5.74, 6) is 0.693. The van der Waals surface area contributed by atoms with Gasteiger partial charge in [0.15, 0.2) is 10.8 Å². The molecule has 0 aliphatic rings. The fourth-order valence-corrected chi connectivity index (χ4v) is 3.13. The second kappa shape index (κ2) is 4.71. The summed E-state index contributed by atoms with van der Waals surface area (Å²) in [6.45, 7) is 2.00. The number of nitrogens with two attached hydrogens (primary N) is 1. The highest BCUT2D eigenvalue weighted by atomic mass is 32.2. The number of nitrogens with zero attached hydrogens (tertiary/aromatic N) is 3. The van der Waals surface area contributed by atoms with Crippen molar-refractivity contribution in [3.8, 4) is 0 Å². The largest absolute Gasteiger partial charge is 0.469 e. The summed E-state index contributed by atoms with van der Waals surface area (Å²) in [4.78, 5) is 3.80. The summed E-state index contributed by atoms with van der Waals surface area (Å²) in [6.07, 6.45) is 2.91. The third-order valence-corrected chi connectivity index (χ3v) is 4.86. The fraction of sp³-hybridized carbons (Fsp3) is 0.364. The molecule has 7 nitrogen and oxygen atoms in total. The molecule has 0 saturated heterocycles. The lowest BCUT2D eigenvalue weighted by Crippen LogP contribution is -2.28. The Morgan fingerprint density at radius 3 is 2.68 bits per heavy atom. The van der Waals surface area contributed by atoms with Gasteiger partial charge in [-0.1, -0.05) is 0 Å². The third-order valence-electron chi connectivity index (χ3n) is 2.92. The first-order valence-corrected chi connectivity index (χ1v) is 7.04. The van der Waals surface area contributed by atoms with Crippen molar-refractivity contribution in [2.45, 2.75) is 18.5 Å². The van der Waals surface area contributed by atoms with E-state index in [2.05, 4.69) is 4.98 Å². The molecule has 0 atom stereocenters. The normalized spacial score (nSPS) is 12.2. The molecule has 0 radical (unpaired) electrons. The van der Waals surface area contributed by atoms with Crippen LogP contribution in [-0.4, -0.2) is 29.3 Å². The Balaban J connectivity index is 2.33. The molecule has 0 fully saturated rings. The van der Waals surface area contributed by atoms with E-state index in [1.54, 1.807) is 20.0 Å². The van der Waals surface area contributed by atoms with Crippen molar-refractivity contribution in [2.75, 3.05) is 12.8 Å². The van der Waals surface area contributed by atoms with E-state index in [4.69, 9.17) is 10.2 Å². The number of aryl methyl sites for hydroxylation is 2. The highest BCUT2D eigenvalue weighted by Gasteiger charge is 2.27. The van der Waals surface area contributed by atoms with E-state index in [0.717, 1.165) is 5.56 Å². The van der Waals surface area contributed by atoms with E-state index in [9.17, 15) is 8.42 Å². The molecule has 2 heterocycles. The summed E-state index contributed by atoms with van der Waals surface area (Å²) in [7, 11) is -0.598. The molecule has 8 heteroatoms. The second-order valence-corrected chi connectivity index (χ2v) is 6.27. The quantitative estimate of drug-likeness (QED) is 0.893. The second-order valence-electron chi connectivity index (χ2n) is 4.31. The summed E-state index contributed by atoms with van der Waals surface area (Å²) in [5, 5.41) is -0.00357. The molecule has 0 aromatic carbocycles. The Kier molecular flexibility index (Phi) is 3.38. The predicted octanol–water partition coefficient (Wildman–Crippen LogP) is 0.724. The lowest BCUT2D eigenvalue weighted by molar-refractivity contribution is 0.454. The standard InChI is InChI=1S/C11H16N4O3S/c1-8-9(4-5-18-8)6-15(3)19(16,17)11-10(12)13-7-14(11)2/h4-5,7H,6,12H2,1-3H3. The van der Waals surface area contributed by atoms with E-state index in [1.165, 1.54) is 28.5 Å². The number of hydrogen-bond donors (Lipinski definition) is 1. The predicted molar refractivity (Wildman–Crippen MR) is 69.7 cm³/mol. The molecule has 0 saturated carbocycles. The Morgan fingerprint density at radius 2 is 2.21 bits per heavy atom. The first-order valence-electron chi connectivity index (χ1n) is 5.60. The summed E-state index contributed by atoms with van der Waals surface area (Å²) in [6, 6.07) is 1.74. The van der Waals surface area contributed by atoms with Crippen LogP contribution in [0.2, 0.25) is 0 Å². The van der Waals surface area contributed by atoms with Crippen molar-refractivity contribution in [3.63, 3.8) is 0 Å². The van der Waals surface area contributed by atoms with E-state index in [1.807, 2.05) is 0 Å². The minimum Gasteiger partial charge on any atom is -0.469 e. The smallest absolute Gasteiger partial charge is 0.262 e. The molecule has 2 aromatic rings. The molecule has 0 unspecified atom stereocenters. The zero-order valence-electron chi connectivity index (χ0n) is 11.0. The topological polar surface area (TPSA) is 94.4 Å². The molecule has 2 aromatic heterocycles. The van der Waals surface area contributed by atoms with Crippen molar-refractivity contribution in [3.05, 3.63) is 30.0 Å². The van der Waals surface area contributed by atoms with Crippen LogP contribution in [0.25, 0.3) is 0 Å². The minimum atomic E-state index is -3.68. The molecule has 0 bridgehead atoms.